The molecule has 1 aromatic carbocycles. The van der Waals surface area contributed by atoms with Gasteiger partial charge in [-0.05, 0) is 30.9 Å². The lowest BCUT2D eigenvalue weighted by atomic mass is 10.1. The lowest BCUT2D eigenvalue weighted by Crippen LogP contribution is -2.01. The fourth-order valence-corrected chi connectivity index (χ4v) is 2.57. The van der Waals surface area contributed by atoms with Crippen molar-refractivity contribution in [1.82, 2.24) is 10.1 Å². The molecule has 19 heavy (non-hydrogen) atoms. The highest BCUT2D eigenvalue weighted by atomic mass is 16.5. The van der Waals surface area contributed by atoms with Crippen molar-refractivity contribution in [3.63, 3.8) is 0 Å². The number of rotatable bonds is 3. The first kappa shape index (κ1) is 11.9. The van der Waals surface area contributed by atoms with Gasteiger partial charge in [0.15, 0.2) is 5.82 Å². The van der Waals surface area contributed by atoms with E-state index < -0.39 is 0 Å². The summed E-state index contributed by atoms with van der Waals surface area (Å²) in [5, 5.41) is 12.9. The van der Waals surface area contributed by atoms with Gasteiger partial charge in [-0.1, -0.05) is 29.4 Å². The van der Waals surface area contributed by atoms with Gasteiger partial charge in [0.25, 0.3) is 0 Å². The third-order valence-corrected chi connectivity index (χ3v) is 3.60. The van der Waals surface area contributed by atoms with E-state index in [0.717, 1.165) is 18.7 Å². The molecule has 1 aliphatic carbocycles. The molecular formula is C15H15N3O. The molecule has 0 saturated heterocycles. The van der Waals surface area contributed by atoms with Crippen molar-refractivity contribution >= 4 is 0 Å². The number of hydrogen-bond donors (Lipinski definition) is 0. The number of benzene rings is 1. The van der Waals surface area contributed by atoms with E-state index in [1.807, 2.05) is 6.92 Å². The predicted molar refractivity (Wildman–Crippen MR) is 69.4 cm³/mol. The minimum atomic E-state index is -0.0888. The fourth-order valence-electron chi connectivity index (χ4n) is 2.57. The molecule has 3 rings (SSSR count). The van der Waals surface area contributed by atoms with Crippen LogP contribution in [0.15, 0.2) is 28.8 Å². The molecule has 2 aromatic rings. The van der Waals surface area contributed by atoms with Gasteiger partial charge in [-0.3, -0.25) is 0 Å². The Kier molecular flexibility index (Phi) is 3.04. The Labute approximate surface area is 112 Å². The number of nitriles is 1. The Balaban J connectivity index is 1.74. The summed E-state index contributed by atoms with van der Waals surface area (Å²) in [5.74, 6) is 1.57. The summed E-state index contributed by atoms with van der Waals surface area (Å²) in [7, 11) is 0. The van der Waals surface area contributed by atoms with Crippen molar-refractivity contribution in [3.05, 3.63) is 47.1 Å². The molecule has 1 aliphatic rings. The highest BCUT2D eigenvalue weighted by Gasteiger charge is 2.26. The van der Waals surface area contributed by atoms with Crippen LogP contribution in [0.3, 0.4) is 0 Å². The number of fused-ring (bicyclic) bond motifs is 1. The molecule has 1 atom stereocenters. The third kappa shape index (κ3) is 2.37. The Morgan fingerprint density at radius 3 is 2.68 bits per heavy atom. The van der Waals surface area contributed by atoms with Crippen molar-refractivity contribution in [2.24, 2.45) is 5.92 Å². The summed E-state index contributed by atoms with van der Waals surface area (Å²) in [5.41, 5.74) is 2.76. The largest absolute Gasteiger partial charge is 0.339 e. The number of hydrogen-bond acceptors (Lipinski definition) is 4. The first-order valence-electron chi connectivity index (χ1n) is 6.55. The molecular weight excluding hydrogens is 238 g/mol. The number of nitrogens with zero attached hydrogens (tertiary/aromatic N) is 3. The lowest BCUT2D eigenvalue weighted by molar-refractivity contribution is 0.362. The normalized spacial score (nSPS) is 16.0. The van der Waals surface area contributed by atoms with Gasteiger partial charge in [-0.2, -0.15) is 10.2 Å². The van der Waals surface area contributed by atoms with Crippen LogP contribution in [0.2, 0.25) is 0 Å². The van der Waals surface area contributed by atoms with Gasteiger partial charge in [0.1, 0.15) is 0 Å². The Morgan fingerprint density at radius 2 is 2.05 bits per heavy atom. The zero-order valence-corrected chi connectivity index (χ0v) is 10.8. The summed E-state index contributed by atoms with van der Waals surface area (Å²) in [4.78, 5) is 4.43. The van der Waals surface area contributed by atoms with Crippen LogP contribution in [0.5, 0.6) is 0 Å². The summed E-state index contributed by atoms with van der Waals surface area (Å²) in [6.45, 7) is 1.86. The molecule has 4 heteroatoms. The zero-order chi connectivity index (χ0) is 13.2. The molecule has 0 N–H and O–H groups in total. The van der Waals surface area contributed by atoms with Gasteiger partial charge in [-0.15, -0.1) is 0 Å². The van der Waals surface area contributed by atoms with Crippen LogP contribution in [0.25, 0.3) is 0 Å². The van der Waals surface area contributed by atoms with Crippen LogP contribution in [-0.4, -0.2) is 10.1 Å². The monoisotopic (exact) mass is 253 g/mol. The van der Waals surface area contributed by atoms with Gasteiger partial charge in [0.05, 0.1) is 12.0 Å². The maximum absolute atomic E-state index is 8.79. The van der Waals surface area contributed by atoms with E-state index in [-0.39, 0.29) is 5.92 Å². The third-order valence-electron chi connectivity index (χ3n) is 3.60. The second-order valence-corrected chi connectivity index (χ2v) is 5.15. The second-order valence-electron chi connectivity index (χ2n) is 5.15. The van der Waals surface area contributed by atoms with E-state index in [1.165, 1.54) is 11.1 Å². The maximum atomic E-state index is 8.79. The topological polar surface area (TPSA) is 62.7 Å². The van der Waals surface area contributed by atoms with Crippen LogP contribution >= 0.6 is 0 Å². The van der Waals surface area contributed by atoms with E-state index in [2.05, 4.69) is 40.5 Å². The first-order valence-corrected chi connectivity index (χ1v) is 6.55. The smallest absolute Gasteiger partial charge is 0.227 e. The van der Waals surface area contributed by atoms with E-state index in [1.54, 1.807) is 0 Å². The lowest BCUT2D eigenvalue weighted by Gasteiger charge is -2.00. The first-order chi connectivity index (χ1) is 9.26. The Hall–Kier alpha value is -2.15. The van der Waals surface area contributed by atoms with Crippen LogP contribution < -0.4 is 0 Å². The summed E-state index contributed by atoms with van der Waals surface area (Å²) >= 11 is 0. The zero-order valence-electron chi connectivity index (χ0n) is 10.8. The summed E-state index contributed by atoms with van der Waals surface area (Å²) < 4.78 is 5.24. The number of aromatic nitrogens is 2. The molecule has 0 fully saturated rings. The molecule has 0 bridgehead atoms. The maximum Gasteiger partial charge on any atom is 0.227 e. The summed E-state index contributed by atoms with van der Waals surface area (Å²) in [6.07, 6.45) is 2.48. The molecule has 4 nitrogen and oxygen atoms in total. The minimum Gasteiger partial charge on any atom is -0.339 e. The molecule has 0 radical (unpaired) electrons. The average Bonchev–Trinajstić information content (AvgIpc) is 3.04. The molecule has 1 unspecified atom stereocenters. The van der Waals surface area contributed by atoms with Crippen LogP contribution in [0.1, 0.15) is 35.7 Å². The minimum absolute atomic E-state index is 0.0888. The van der Waals surface area contributed by atoms with E-state index >= 15 is 0 Å². The van der Waals surface area contributed by atoms with Crippen LogP contribution in [0, 0.1) is 17.2 Å². The highest BCUT2D eigenvalue weighted by Crippen LogP contribution is 2.32. The Bertz CT molecular complexity index is 601. The highest BCUT2D eigenvalue weighted by molar-refractivity contribution is 5.34. The van der Waals surface area contributed by atoms with Crippen molar-refractivity contribution in [2.45, 2.75) is 32.1 Å². The summed E-state index contributed by atoms with van der Waals surface area (Å²) in [6, 6.07) is 10.6. The van der Waals surface area contributed by atoms with E-state index in [0.29, 0.717) is 18.2 Å². The van der Waals surface area contributed by atoms with Crippen LogP contribution in [0.4, 0.5) is 0 Å². The van der Waals surface area contributed by atoms with Gasteiger partial charge < -0.3 is 4.52 Å². The van der Waals surface area contributed by atoms with E-state index in [9.17, 15) is 0 Å². The molecule has 0 spiro atoms. The predicted octanol–water partition coefficient (Wildman–Crippen LogP) is 2.65. The molecule has 0 saturated carbocycles. The molecule has 1 aromatic heterocycles. The Morgan fingerprint density at radius 1 is 1.37 bits per heavy atom. The van der Waals surface area contributed by atoms with Crippen molar-refractivity contribution in [2.75, 3.05) is 0 Å². The van der Waals surface area contributed by atoms with Gasteiger partial charge in [0, 0.05) is 12.3 Å². The molecule has 1 heterocycles. The van der Waals surface area contributed by atoms with Gasteiger partial charge in [-0.25, -0.2) is 0 Å². The van der Waals surface area contributed by atoms with Gasteiger partial charge >= 0.3 is 0 Å². The van der Waals surface area contributed by atoms with Crippen molar-refractivity contribution in [3.8, 4) is 6.07 Å². The average molecular weight is 253 g/mol. The fraction of sp³-hybridized carbons (Fsp3) is 0.400. The molecule has 0 amide bonds. The molecule has 96 valence electrons. The standard InChI is InChI=1S/C15H15N3O/c1-10(9-16)6-14-17-15(18-19-14)13-7-11-4-2-3-5-12(11)8-13/h2-5,10,13H,6-8H2,1H3. The van der Waals surface area contributed by atoms with Crippen molar-refractivity contribution in [1.29, 1.82) is 5.26 Å². The quantitative estimate of drug-likeness (QED) is 0.843. The SMILES string of the molecule is CC(C#N)Cc1nc(C2Cc3ccccc3C2)no1. The van der Waals surface area contributed by atoms with Gasteiger partial charge in [0.2, 0.25) is 5.89 Å². The molecule has 0 aliphatic heterocycles. The van der Waals surface area contributed by atoms with E-state index in [4.69, 9.17) is 9.78 Å². The van der Waals surface area contributed by atoms with Crippen LogP contribution in [-0.2, 0) is 19.3 Å². The second kappa shape index (κ2) is 4.85. The van der Waals surface area contributed by atoms with Crippen molar-refractivity contribution < 1.29 is 4.52 Å².